The van der Waals surface area contributed by atoms with Gasteiger partial charge in [0.1, 0.15) is 35.4 Å². The number of aromatic nitrogens is 2. The van der Waals surface area contributed by atoms with Crippen LogP contribution in [0.15, 0.2) is 64.2 Å². The number of ether oxygens (including phenoxy) is 2. The molecule has 2 heterocycles. The Morgan fingerprint density at radius 1 is 1.13 bits per heavy atom. The summed E-state index contributed by atoms with van der Waals surface area (Å²) in [6, 6.07) is 9.08. The SMILES string of the molecule is C=NC(=N/C(OCc1ccc(C#N)cc1F)=C(\C)F)c1cc(F)c(Cc2nc3c(F)cc(C(=O)O)cc3n2C[C@@H]2CCO2)cc1F. The zero-order valence-electron chi connectivity index (χ0n) is 24.2. The highest BCUT2D eigenvalue weighted by Crippen LogP contribution is 2.28. The molecule has 0 bridgehead atoms. The molecule has 1 saturated heterocycles. The lowest BCUT2D eigenvalue weighted by molar-refractivity contribution is -0.0589. The lowest BCUT2D eigenvalue weighted by Crippen LogP contribution is -2.31. The number of aromatic carboxylic acids is 1. The second kappa shape index (κ2) is 13.3. The molecule has 0 radical (unpaired) electrons. The number of fused-ring (bicyclic) bond motifs is 1. The van der Waals surface area contributed by atoms with Crippen LogP contribution in [0.2, 0.25) is 0 Å². The number of carboxylic acids is 1. The second-order valence-electron chi connectivity index (χ2n) is 10.3. The van der Waals surface area contributed by atoms with Crippen molar-refractivity contribution in [2.45, 2.75) is 39.0 Å². The number of allylic oxidation sites excluding steroid dienone is 1. The van der Waals surface area contributed by atoms with Gasteiger partial charge in [-0.25, -0.2) is 36.7 Å². The van der Waals surface area contributed by atoms with E-state index in [4.69, 9.17) is 14.7 Å². The molecule has 0 amide bonds. The quantitative estimate of drug-likeness (QED) is 0.0934. The monoisotopic (exact) mass is 637 g/mol. The van der Waals surface area contributed by atoms with Gasteiger partial charge in [0, 0.05) is 18.6 Å². The number of nitrogens with zero attached hydrogens (tertiary/aromatic N) is 5. The number of carboxylic acid groups (broad SMARTS) is 1. The van der Waals surface area contributed by atoms with Gasteiger partial charge in [-0.05, 0) is 62.0 Å². The summed E-state index contributed by atoms with van der Waals surface area (Å²) in [5.74, 6) is -7.01. The highest BCUT2D eigenvalue weighted by molar-refractivity contribution is 6.02. The average Bonchev–Trinajstić information content (AvgIpc) is 3.34. The molecule has 0 aliphatic carbocycles. The predicted octanol–water partition coefficient (Wildman–Crippen LogP) is 6.36. The molecular weight excluding hydrogens is 613 g/mol. The Labute approximate surface area is 258 Å². The first-order valence-corrected chi connectivity index (χ1v) is 13.7. The van der Waals surface area contributed by atoms with Gasteiger partial charge in [0.25, 0.3) is 0 Å². The summed E-state index contributed by atoms with van der Waals surface area (Å²) < 4.78 is 86.7. The van der Waals surface area contributed by atoms with Gasteiger partial charge in [-0.1, -0.05) is 6.07 Å². The van der Waals surface area contributed by atoms with E-state index >= 15 is 8.78 Å². The number of hydrogen-bond acceptors (Lipinski definition) is 6. The van der Waals surface area contributed by atoms with E-state index in [1.54, 1.807) is 6.07 Å². The fourth-order valence-electron chi connectivity index (χ4n) is 4.75. The van der Waals surface area contributed by atoms with Gasteiger partial charge >= 0.3 is 5.97 Å². The number of halogens is 5. The molecular formula is C32H24F5N5O4. The first-order valence-electron chi connectivity index (χ1n) is 13.7. The van der Waals surface area contributed by atoms with Crippen molar-refractivity contribution >= 4 is 29.6 Å². The number of benzene rings is 3. The molecule has 236 valence electrons. The normalized spacial score (nSPS) is 15.2. The first-order chi connectivity index (χ1) is 22.0. The summed E-state index contributed by atoms with van der Waals surface area (Å²) in [4.78, 5) is 23.3. The lowest BCUT2D eigenvalue weighted by atomic mass is 10.1. The van der Waals surface area contributed by atoms with Gasteiger partial charge in [-0.3, -0.25) is 0 Å². The maximum absolute atomic E-state index is 15.5. The number of imidazole rings is 1. The van der Waals surface area contributed by atoms with Gasteiger partial charge in [0.2, 0.25) is 5.88 Å². The van der Waals surface area contributed by atoms with E-state index in [1.807, 2.05) is 0 Å². The van der Waals surface area contributed by atoms with Crippen molar-refractivity contribution in [1.29, 1.82) is 5.26 Å². The molecule has 1 aliphatic heterocycles. The average molecular weight is 638 g/mol. The van der Waals surface area contributed by atoms with Crippen molar-refractivity contribution in [3.63, 3.8) is 0 Å². The van der Waals surface area contributed by atoms with Crippen LogP contribution in [-0.4, -0.2) is 45.9 Å². The van der Waals surface area contributed by atoms with E-state index in [1.165, 1.54) is 22.8 Å². The molecule has 9 nitrogen and oxygen atoms in total. The van der Waals surface area contributed by atoms with Crippen molar-refractivity contribution in [2.24, 2.45) is 9.98 Å². The Morgan fingerprint density at radius 2 is 1.87 bits per heavy atom. The molecule has 1 N–H and O–H groups in total. The minimum absolute atomic E-state index is 0.0170. The molecule has 46 heavy (non-hydrogen) atoms. The van der Waals surface area contributed by atoms with Crippen molar-refractivity contribution in [3.8, 4) is 6.07 Å². The van der Waals surface area contributed by atoms with Crippen LogP contribution < -0.4 is 0 Å². The third kappa shape index (κ3) is 6.64. The highest BCUT2D eigenvalue weighted by Gasteiger charge is 2.25. The summed E-state index contributed by atoms with van der Waals surface area (Å²) in [5.41, 5.74) is -0.898. The minimum Gasteiger partial charge on any atom is -0.478 e. The van der Waals surface area contributed by atoms with Crippen molar-refractivity contribution < 1.29 is 41.3 Å². The van der Waals surface area contributed by atoms with E-state index in [-0.39, 0.29) is 58.2 Å². The number of nitriles is 1. The molecule has 1 aromatic heterocycles. The van der Waals surface area contributed by atoms with Gasteiger partial charge in [0.15, 0.2) is 17.5 Å². The topological polar surface area (TPSA) is 122 Å². The van der Waals surface area contributed by atoms with E-state index in [2.05, 4.69) is 21.7 Å². The van der Waals surface area contributed by atoms with Crippen molar-refractivity contribution in [1.82, 2.24) is 9.55 Å². The fraction of sp³-hybridized carbons (Fsp3) is 0.219. The molecule has 0 saturated carbocycles. The van der Waals surface area contributed by atoms with Gasteiger partial charge < -0.3 is 19.1 Å². The summed E-state index contributed by atoms with van der Waals surface area (Å²) in [6.45, 7) is 4.48. The lowest BCUT2D eigenvalue weighted by Gasteiger charge is -2.27. The third-order valence-electron chi connectivity index (χ3n) is 7.24. The summed E-state index contributed by atoms with van der Waals surface area (Å²) in [6.07, 6.45) is 0.120. The van der Waals surface area contributed by atoms with Gasteiger partial charge in [-0.15, -0.1) is 0 Å². The van der Waals surface area contributed by atoms with E-state index < -0.39 is 59.0 Å². The number of rotatable bonds is 10. The standard InChI is InChI=1S/C32H24F5N5O4/c1-16(33)31(46-15-18-4-3-17(13-38)7-23(18)34)41-30(39-2)22-12-24(35)19(8-25(22)36)11-28-40-29-26(37)9-20(32(43)44)10-27(29)42(28)14-21-5-6-45-21/h3-4,7-10,12,21H,2,5-6,11,14-15H2,1H3,(H,43,44)/b31-16-,41-30?/t21-/m0/s1. The Kier molecular flexibility index (Phi) is 9.24. The number of aliphatic imine (C=N–C) groups is 2. The van der Waals surface area contributed by atoms with Crippen LogP contribution >= 0.6 is 0 Å². The van der Waals surface area contributed by atoms with Crippen LogP contribution in [-0.2, 0) is 29.0 Å². The Morgan fingerprint density at radius 3 is 2.48 bits per heavy atom. The molecule has 1 fully saturated rings. The van der Waals surface area contributed by atoms with E-state index in [0.29, 0.717) is 13.0 Å². The predicted molar refractivity (Wildman–Crippen MR) is 156 cm³/mol. The van der Waals surface area contributed by atoms with Crippen LogP contribution in [0.25, 0.3) is 11.0 Å². The zero-order valence-corrected chi connectivity index (χ0v) is 24.2. The minimum atomic E-state index is -1.35. The zero-order chi connectivity index (χ0) is 33.1. The van der Waals surface area contributed by atoms with E-state index in [9.17, 15) is 23.1 Å². The molecule has 4 aromatic rings. The first kappa shape index (κ1) is 32.0. The summed E-state index contributed by atoms with van der Waals surface area (Å²) >= 11 is 0. The smallest absolute Gasteiger partial charge is 0.335 e. The van der Waals surface area contributed by atoms with E-state index in [0.717, 1.165) is 31.2 Å². The molecule has 1 aliphatic rings. The molecule has 14 heteroatoms. The van der Waals surface area contributed by atoms with Crippen LogP contribution in [0.4, 0.5) is 22.0 Å². The highest BCUT2D eigenvalue weighted by atomic mass is 19.1. The Balaban J connectivity index is 1.45. The maximum atomic E-state index is 15.5. The molecule has 5 rings (SSSR count). The van der Waals surface area contributed by atoms with Crippen molar-refractivity contribution in [2.75, 3.05) is 6.61 Å². The van der Waals surface area contributed by atoms with Crippen LogP contribution in [0, 0.1) is 34.6 Å². The number of amidine groups is 1. The number of hydrogen-bond donors (Lipinski definition) is 1. The van der Waals surface area contributed by atoms with Gasteiger partial charge in [-0.2, -0.15) is 10.3 Å². The maximum Gasteiger partial charge on any atom is 0.335 e. The Bertz CT molecular complexity index is 1970. The third-order valence-corrected chi connectivity index (χ3v) is 7.24. The second-order valence-corrected chi connectivity index (χ2v) is 10.3. The summed E-state index contributed by atoms with van der Waals surface area (Å²) in [5, 5.41) is 18.3. The molecule has 1 atom stereocenters. The Hall–Kier alpha value is -5.42. The van der Waals surface area contributed by atoms with Crippen molar-refractivity contribution in [3.05, 3.63) is 111 Å². The summed E-state index contributed by atoms with van der Waals surface area (Å²) in [7, 11) is 0. The van der Waals surface area contributed by atoms with Crippen LogP contribution in [0.1, 0.15) is 51.8 Å². The largest absolute Gasteiger partial charge is 0.478 e. The molecule has 3 aromatic carbocycles. The van der Waals surface area contributed by atoms with Crippen LogP contribution in [0.5, 0.6) is 0 Å². The number of carbonyl (C=O) groups is 1. The van der Waals surface area contributed by atoms with Crippen LogP contribution in [0.3, 0.4) is 0 Å². The molecule has 0 unspecified atom stereocenters. The fourth-order valence-corrected chi connectivity index (χ4v) is 4.75. The molecule has 0 spiro atoms. The van der Waals surface area contributed by atoms with Gasteiger partial charge in [0.05, 0.1) is 40.9 Å².